The van der Waals surface area contributed by atoms with E-state index in [0.29, 0.717) is 17.2 Å². The van der Waals surface area contributed by atoms with Crippen LogP contribution in [0.3, 0.4) is 0 Å². The Morgan fingerprint density at radius 2 is 2.12 bits per heavy atom. The van der Waals surface area contributed by atoms with Crippen LogP contribution in [0.5, 0.6) is 0 Å². The minimum atomic E-state index is -0.208. The summed E-state index contributed by atoms with van der Waals surface area (Å²) in [6.07, 6.45) is 5.50. The number of carbonyl (C=O) groups is 1. The van der Waals surface area contributed by atoms with Gasteiger partial charge in [0.25, 0.3) is 5.91 Å². The molecule has 2 N–H and O–H groups in total. The van der Waals surface area contributed by atoms with Crippen LogP contribution in [0.2, 0.25) is 0 Å². The SMILES string of the molecule is Cc1nn(C(C)(C)C)c2nc(C3CC3)cc(C(=O)Nc3cn[nH]c3)c12. The molecule has 1 saturated carbocycles. The van der Waals surface area contributed by atoms with Crippen molar-refractivity contribution in [3.05, 3.63) is 35.4 Å². The number of rotatable bonds is 3. The van der Waals surface area contributed by atoms with Gasteiger partial charge in [-0.25, -0.2) is 9.67 Å². The van der Waals surface area contributed by atoms with Crippen LogP contribution in [-0.4, -0.2) is 30.9 Å². The second-order valence-corrected chi connectivity index (χ2v) is 7.68. The first-order valence-corrected chi connectivity index (χ1v) is 8.55. The molecular formula is C18H22N6O. The lowest BCUT2D eigenvalue weighted by Gasteiger charge is -2.20. The highest BCUT2D eigenvalue weighted by molar-refractivity contribution is 6.12. The van der Waals surface area contributed by atoms with Gasteiger partial charge in [0.2, 0.25) is 0 Å². The Hall–Kier alpha value is -2.70. The molecule has 7 heteroatoms. The van der Waals surface area contributed by atoms with Gasteiger partial charge >= 0.3 is 0 Å². The van der Waals surface area contributed by atoms with Crippen molar-refractivity contribution in [2.75, 3.05) is 5.32 Å². The summed E-state index contributed by atoms with van der Waals surface area (Å²) >= 11 is 0. The van der Waals surface area contributed by atoms with Crippen LogP contribution in [-0.2, 0) is 5.54 Å². The van der Waals surface area contributed by atoms with Crippen molar-refractivity contribution in [3.63, 3.8) is 0 Å². The molecule has 3 heterocycles. The predicted molar refractivity (Wildman–Crippen MR) is 95.8 cm³/mol. The third-order valence-electron chi connectivity index (χ3n) is 4.46. The largest absolute Gasteiger partial charge is 0.319 e. The van der Waals surface area contributed by atoms with Crippen LogP contribution >= 0.6 is 0 Å². The topological polar surface area (TPSA) is 88.5 Å². The maximum Gasteiger partial charge on any atom is 0.256 e. The van der Waals surface area contributed by atoms with E-state index in [9.17, 15) is 4.79 Å². The fourth-order valence-corrected chi connectivity index (χ4v) is 3.06. The minimum absolute atomic E-state index is 0.160. The molecule has 0 saturated heterocycles. The Labute approximate surface area is 145 Å². The van der Waals surface area contributed by atoms with Crippen molar-refractivity contribution in [3.8, 4) is 0 Å². The lowest BCUT2D eigenvalue weighted by molar-refractivity contribution is 0.102. The second kappa shape index (κ2) is 5.40. The third-order valence-corrected chi connectivity index (χ3v) is 4.46. The van der Waals surface area contributed by atoms with E-state index >= 15 is 0 Å². The van der Waals surface area contributed by atoms with Gasteiger partial charge in [-0.3, -0.25) is 9.89 Å². The number of aromatic amines is 1. The van der Waals surface area contributed by atoms with Crippen molar-refractivity contribution >= 4 is 22.6 Å². The molecule has 7 nitrogen and oxygen atoms in total. The van der Waals surface area contributed by atoms with Gasteiger partial charge in [0, 0.05) is 17.8 Å². The summed E-state index contributed by atoms with van der Waals surface area (Å²) in [6, 6.07) is 1.93. The average molecular weight is 338 g/mol. The highest BCUT2D eigenvalue weighted by atomic mass is 16.1. The summed E-state index contributed by atoms with van der Waals surface area (Å²) in [7, 11) is 0. The molecule has 3 aromatic heterocycles. The first-order valence-electron chi connectivity index (χ1n) is 8.55. The van der Waals surface area contributed by atoms with Crippen LogP contribution < -0.4 is 5.32 Å². The highest BCUT2D eigenvalue weighted by Crippen LogP contribution is 2.41. The van der Waals surface area contributed by atoms with E-state index in [4.69, 9.17) is 4.98 Å². The molecule has 4 rings (SSSR count). The van der Waals surface area contributed by atoms with E-state index in [-0.39, 0.29) is 11.4 Å². The van der Waals surface area contributed by atoms with E-state index in [0.717, 1.165) is 35.3 Å². The molecule has 0 unspecified atom stereocenters. The second-order valence-electron chi connectivity index (χ2n) is 7.68. The lowest BCUT2D eigenvalue weighted by atomic mass is 10.1. The number of nitrogens with one attached hydrogen (secondary N) is 2. The predicted octanol–water partition coefficient (Wildman–Crippen LogP) is 3.35. The van der Waals surface area contributed by atoms with Gasteiger partial charge in [0.15, 0.2) is 5.65 Å². The van der Waals surface area contributed by atoms with Crippen molar-refractivity contribution < 1.29 is 4.79 Å². The van der Waals surface area contributed by atoms with Crippen LogP contribution in [0.25, 0.3) is 11.0 Å². The van der Waals surface area contributed by atoms with E-state index in [2.05, 4.69) is 41.4 Å². The maximum absolute atomic E-state index is 12.9. The molecule has 0 bridgehead atoms. The van der Waals surface area contributed by atoms with Crippen molar-refractivity contribution in [1.82, 2.24) is 25.0 Å². The van der Waals surface area contributed by atoms with Crippen LogP contribution in [0, 0.1) is 6.92 Å². The van der Waals surface area contributed by atoms with Gasteiger partial charge in [0.05, 0.1) is 34.1 Å². The number of aromatic nitrogens is 5. The number of anilines is 1. The fraction of sp³-hybridized carbons (Fsp3) is 0.444. The Morgan fingerprint density at radius 1 is 1.36 bits per heavy atom. The molecule has 130 valence electrons. The first-order chi connectivity index (χ1) is 11.8. The van der Waals surface area contributed by atoms with E-state index in [1.54, 1.807) is 12.4 Å². The normalized spacial score (nSPS) is 14.9. The zero-order chi connectivity index (χ0) is 17.8. The van der Waals surface area contributed by atoms with Crippen molar-refractivity contribution in [2.45, 2.75) is 52.0 Å². The van der Waals surface area contributed by atoms with Gasteiger partial charge < -0.3 is 5.32 Å². The number of nitrogens with zero attached hydrogens (tertiary/aromatic N) is 4. The van der Waals surface area contributed by atoms with Crippen molar-refractivity contribution in [2.24, 2.45) is 0 Å². The Kier molecular flexibility index (Phi) is 3.42. The standard InChI is InChI=1S/C18H22N6O/c1-10-15-13(17(25)21-12-8-19-20-9-12)7-14(11-5-6-11)22-16(15)24(23-10)18(2,3)4/h7-9,11H,5-6H2,1-4H3,(H,19,20)(H,21,25). The first kappa shape index (κ1) is 15.8. The molecule has 0 aromatic carbocycles. The minimum Gasteiger partial charge on any atom is -0.319 e. The number of hydrogen-bond donors (Lipinski definition) is 2. The van der Waals surface area contributed by atoms with E-state index < -0.39 is 0 Å². The summed E-state index contributed by atoms with van der Waals surface area (Å²) in [4.78, 5) is 17.8. The number of H-pyrrole nitrogens is 1. The van der Waals surface area contributed by atoms with Gasteiger partial charge in [-0.1, -0.05) is 0 Å². The fourth-order valence-electron chi connectivity index (χ4n) is 3.06. The summed E-state index contributed by atoms with van der Waals surface area (Å²) in [5.74, 6) is 0.292. The quantitative estimate of drug-likeness (QED) is 0.766. The van der Waals surface area contributed by atoms with Crippen LogP contribution in [0.15, 0.2) is 18.5 Å². The number of pyridine rings is 1. The summed E-state index contributed by atoms with van der Waals surface area (Å²) < 4.78 is 1.93. The Balaban J connectivity index is 1.90. The molecule has 25 heavy (non-hydrogen) atoms. The van der Waals surface area contributed by atoms with Crippen LogP contribution in [0.1, 0.15) is 61.3 Å². The molecule has 1 fully saturated rings. The number of fused-ring (bicyclic) bond motifs is 1. The molecule has 1 aliphatic rings. The average Bonchev–Trinajstić information content (AvgIpc) is 3.17. The molecule has 1 amide bonds. The molecule has 0 radical (unpaired) electrons. The number of aryl methyl sites for hydroxylation is 1. The zero-order valence-corrected chi connectivity index (χ0v) is 14.9. The number of hydrogen-bond acceptors (Lipinski definition) is 4. The smallest absolute Gasteiger partial charge is 0.256 e. The van der Waals surface area contributed by atoms with Gasteiger partial charge in [-0.15, -0.1) is 0 Å². The van der Waals surface area contributed by atoms with E-state index in [1.807, 2.05) is 17.7 Å². The summed E-state index contributed by atoms with van der Waals surface area (Å²) in [5.41, 5.74) is 3.64. The third kappa shape index (κ3) is 2.79. The molecule has 0 spiro atoms. The van der Waals surface area contributed by atoms with Crippen LogP contribution in [0.4, 0.5) is 5.69 Å². The molecular weight excluding hydrogens is 316 g/mol. The van der Waals surface area contributed by atoms with E-state index in [1.165, 1.54) is 0 Å². The Bertz CT molecular complexity index is 944. The maximum atomic E-state index is 12.9. The molecule has 0 atom stereocenters. The van der Waals surface area contributed by atoms with Gasteiger partial charge in [-0.05, 0) is 46.6 Å². The zero-order valence-electron chi connectivity index (χ0n) is 14.9. The monoisotopic (exact) mass is 338 g/mol. The molecule has 0 aliphatic heterocycles. The summed E-state index contributed by atoms with van der Waals surface area (Å²) in [6.45, 7) is 8.21. The number of amides is 1. The lowest BCUT2D eigenvalue weighted by Crippen LogP contribution is -2.23. The molecule has 1 aliphatic carbocycles. The summed E-state index contributed by atoms with van der Waals surface area (Å²) in [5, 5.41) is 15.0. The van der Waals surface area contributed by atoms with Gasteiger partial charge in [-0.2, -0.15) is 10.2 Å². The molecule has 3 aromatic rings. The Morgan fingerprint density at radius 3 is 2.72 bits per heavy atom. The highest BCUT2D eigenvalue weighted by Gasteiger charge is 2.30. The number of carbonyl (C=O) groups excluding carboxylic acids is 1. The van der Waals surface area contributed by atoms with Gasteiger partial charge in [0.1, 0.15) is 0 Å². The van der Waals surface area contributed by atoms with Crippen molar-refractivity contribution in [1.29, 1.82) is 0 Å².